The standard InChI is InChI=1S/C9H9F2N3/c1-5-6(2-3-12)4-7(13)8(14-5)9(10)11/h4,9H,2,13H2,1H3. The van der Waals surface area contributed by atoms with Crippen molar-refractivity contribution in [2.75, 3.05) is 5.73 Å². The summed E-state index contributed by atoms with van der Waals surface area (Å²) in [4.78, 5) is 3.66. The topological polar surface area (TPSA) is 62.7 Å². The Morgan fingerprint density at radius 1 is 1.64 bits per heavy atom. The molecule has 0 atom stereocenters. The van der Waals surface area contributed by atoms with Gasteiger partial charge in [-0.05, 0) is 18.6 Å². The van der Waals surface area contributed by atoms with E-state index < -0.39 is 12.1 Å². The molecule has 0 aliphatic carbocycles. The highest BCUT2D eigenvalue weighted by molar-refractivity contribution is 5.48. The van der Waals surface area contributed by atoms with Crippen molar-refractivity contribution in [1.82, 2.24) is 4.98 Å². The second kappa shape index (κ2) is 4.01. The van der Waals surface area contributed by atoms with E-state index in [1.54, 1.807) is 6.92 Å². The van der Waals surface area contributed by atoms with E-state index in [2.05, 4.69) is 4.98 Å². The summed E-state index contributed by atoms with van der Waals surface area (Å²) in [5.41, 5.74) is 5.92. The summed E-state index contributed by atoms with van der Waals surface area (Å²) >= 11 is 0. The molecule has 1 aromatic rings. The molecular weight excluding hydrogens is 188 g/mol. The molecule has 74 valence electrons. The molecule has 14 heavy (non-hydrogen) atoms. The quantitative estimate of drug-likeness (QED) is 0.788. The highest BCUT2D eigenvalue weighted by Crippen LogP contribution is 2.24. The molecule has 1 rings (SSSR count). The Balaban J connectivity index is 3.18. The monoisotopic (exact) mass is 197 g/mol. The fourth-order valence-corrected chi connectivity index (χ4v) is 1.12. The van der Waals surface area contributed by atoms with Crippen molar-refractivity contribution >= 4 is 5.69 Å². The third-order valence-electron chi connectivity index (χ3n) is 1.85. The van der Waals surface area contributed by atoms with E-state index in [1.807, 2.05) is 6.07 Å². The van der Waals surface area contributed by atoms with Crippen molar-refractivity contribution in [1.29, 1.82) is 5.26 Å². The first-order valence-electron chi connectivity index (χ1n) is 3.97. The predicted molar refractivity (Wildman–Crippen MR) is 47.7 cm³/mol. The van der Waals surface area contributed by atoms with Crippen molar-refractivity contribution in [2.24, 2.45) is 0 Å². The molecule has 0 aliphatic heterocycles. The molecule has 0 saturated heterocycles. The van der Waals surface area contributed by atoms with Crippen LogP contribution in [0.2, 0.25) is 0 Å². The second-order valence-electron chi connectivity index (χ2n) is 2.84. The highest BCUT2D eigenvalue weighted by atomic mass is 19.3. The van der Waals surface area contributed by atoms with Crippen molar-refractivity contribution in [3.05, 3.63) is 23.0 Å². The number of anilines is 1. The molecule has 5 heteroatoms. The largest absolute Gasteiger partial charge is 0.397 e. The maximum atomic E-state index is 12.3. The number of nitriles is 1. The first-order chi connectivity index (χ1) is 6.56. The average Bonchev–Trinajstić information content (AvgIpc) is 2.10. The molecule has 3 nitrogen and oxygen atoms in total. The van der Waals surface area contributed by atoms with Crippen LogP contribution in [-0.4, -0.2) is 4.98 Å². The van der Waals surface area contributed by atoms with Crippen LogP contribution in [0.3, 0.4) is 0 Å². The molecule has 1 aromatic heterocycles. The maximum Gasteiger partial charge on any atom is 0.282 e. The van der Waals surface area contributed by atoms with Gasteiger partial charge in [0.25, 0.3) is 6.43 Å². The number of rotatable bonds is 2. The van der Waals surface area contributed by atoms with Gasteiger partial charge in [-0.2, -0.15) is 5.26 Å². The van der Waals surface area contributed by atoms with Crippen molar-refractivity contribution in [3.63, 3.8) is 0 Å². The van der Waals surface area contributed by atoms with Crippen molar-refractivity contribution in [2.45, 2.75) is 19.8 Å². The van der Waals surface area contributed by atoms with E-state index in [1.165, 1.54) is 6.07 Å². The van der Waals surface area contributed by atoms with Crippen molar-refractivity contribution in [3.8, 4) is 6.07 Å². The molecular formula is C9H9F2N3. The lowest BCUT2D eigenvalue weighted by atomic mass is 10.1. The Kier molecular flexibility index (Phi) is 2.97. The van der Waals surface area contributed by atoms with E-state index >= 15 is 0 Å². The number of nitrogen functional groups attached to an aromatic ring is 1. The number of pyridine rings is 1. The minimum absolute atomic E-state index is 0.0594. The summed E-state index contributed by atoms with van der Waals surface area (Å²) < 4.78 is 24.6. The van der Waals surface area contributed by atoms with Crippen LogP contribution in [0.4, 0.5) is 14.5 Å². The smallest absolute Gasteiger partial charge is 0.282 e. The summed E-state index contributed by atoms with van der Waals surface area (Å²) in [6.07, 6.45) is -2.54. The Hall–Kier alpha value is -1.70. The summed E-state index contributed by atoms with van der Waals surface area (Å²) in [5.74, 6) is 0. The van der Waals surface area contributed by atoms with Gasteiger partial charge in [-0.1, -0.05) is 0 Å². The Bertz CT molecular complexity index is 382. The summed E-state index contributed by atoms with van der Waals surface area (Å²) in [6.45, 7) is 1.58. The molecule has 2 N–H and O–H groups in total. The zero-order valence-electron chi connectivity index (χ0n) is 7.59. The van der Waals surface area contributed by atoms with Gasteiger partial charge in [0.05, 0.1) is 18.2 Å². The predicted octanol–water partition coefficient (Wildman–Crippen LogP) is 1.98. The maximum absolute atomic E-state index is 12.3. The van der Waals surface area contributed by atoms with E-state index in [4.69, 9.17) is 11.0 Å². The number of nitrogens with zero attached hydrogens (tertiary/aromatic N) is 2. The molecule has 0 spiro atoms. The van der Waals surface area contributed by atoms with Crippen LogP contribution in [0.1, 0.15) is 23.4 Å². The van der Waals surface area contributed by atoms with Gasteiger partial charge in [-0.25, -0.2) is 13.8 Å². The van der Waals surface area contributed by atoms with Gasteiger partial charge < -0.3 is 5.73 Å². The molecule has 0 amide bonds. The lowest BCUT2D eigenvalue weighted by molar-refractivity contribution is 0.147. The Morgan fingerprint density at radius 2 is 2.29 bits per heavy atom. The Labute approximate surface area is 80.2 Å². The van der Waals surface area contributed by atoms with Crippen LogP contribution in [0.5, 0.6) is 0 Å². The summed E-state index contributed by atoms with van der Waals surface area (Å²) in [5, 5.41) is 8.45. The zero-order valence-corrected chi connectivity index (χ0v) is 7.59. The van der Waals surface area contributed by atoms with Gasteiger partial charge in [0.15, 0.2) is 0 Å². The fraction of sp³-hybridized carbons (Fsp3) is 0.333. The number of nitrogens with two attached hydrogens (primary N) is 1. The van der Waals surface area contributed by atoms with Gasteiger partial charge in [-0.3, -0.25) is 0 Å². The zero-order chi connectivity index (χ0) is 10.7. The lowest BCUT2D eigenvalue weighted by Crippen LogP contribution is -2.03. The van der Waals surface area contributed by atoms with Gasteiger partial charge in [0.1, 0.15) is 5.69 Å². The number of hydrogen-bond acceptors (Lipinski definition) is 3. The van der Waals surface area contributed by atoms with Gasteiger partial charge in [0, 0.05) is 5.69 Å². The van der Waals surface area contributed by atoms with Crippen LogP contribution >= 0.6 is 0 Å². The van der Waals surface area contributed by atoms with E-state index in [0.717, 1.165) is 0 Å². The fourth-order valence-electron chi connectivity index (χ4n) is 1.12. The van der Waals surface area contributed by atoms with Gasteiger partial charge >= 0.3 is 0 Å². The molecule has 0 aliphatic rings. The molecule has 0 radical (unpaired) electrons. The minimum atomic E-state index is -2.68. The SMILES string of the molecule is Cc1nc(C(F)F)c(N)cc1CC#N. The van der Waals surface area contributed by atoms with Crippen LogP contribution < -0.4 is 5.73 Å². The number of aryl methyl sites for hydroxylation is 1. The van der Waals surface area contributed by atoms with Gasteiger partial charge in [-0.15, -0.1) is 0 Å². The molecule has 0 aromatic carbocycles. The number of aromatic nitrogens is 1. The molecule has 0 fully saturated rings. The second-order valence-corrected chi connectivity index (χ2v) is 2.84. The summed E-state index contributed by atoms with van der Waals surface area (Å²) in [7, 11) is 0. The molecule has 1 heterocycles. The number of hydrogen-bond donors (Lipinski definition) is 1. The average molecular weight is 197 g/mol. The van der Waals surface area contributed by atoms with Gasteiger partial charge in [0.2, 0.25) is 0 Å². The highest BCUT2D eigenvalue weighted by Gasteiger charge is 2.15. The van der Waals surface area contributed by atoms with Crippen LogP contribution in [0, 0.1) is 18.3 Å². The third-order valence-corrected chi connectivity index (χ3v) is 1.85. The Morgan fingerprint density at radius 3 is 2.79 bits per heavy atom. The molecule has 0 bridgehead atoms. The minimum Gasteiger partial charge on any atom is -0.397 e. The third kappa shape index (κ3) is 1.96. The normalized spacial score (nSPS) is 10.2. The first kappa shape index (κ1) is 10.4. The van der Waals surface area contributed by atoms with E-state index in [0.29, 0.717) is 11.3 Å². The number of alkyl halides is 2. The molecule has 0 unspecified atom stereocenters. The number of halogens is 2. The van der Waals surface area contributed by atoms with E-state index in [-0.39, 0.29) is 12.1 Å². The first-order valence-corrected chi connectivity index (χ1v) is 3.97. The lowest BCUT2D eigenvalue weighted by Gasteiger charge is -2.07. The van der Waals surface area contributed by atoms with Crippen LogP contribution in [-0.2, 0) is 6.42 Å². The van der Waals surface area contributed by atoms with E-state index in [9.17, 15) is 8.78 Å². The molecule has 0 saturated carbocycles. The summed E-state index contributed by atoms with van der Waals surface area (Å²) in [6, 6.07) is 3.30. The van der Waals surface area contributed by atoms with Crippen LogP contribution in [0.25, 0.3) is 0 Å². The van der Waals surface area contributed by atoms with Crippen molar-refractivity contribution < 1.29 is 8.78 Å². The van der Waals surface area contributed by atoms with Crippen LogP contribution in [0.15, 0.2) is 6.07 Å².